The highest BCUT2D eigenvalue weighted by molar-refractivity contribution is 6.20. The fourth-order valence-electron chi connectivity index (χ4n) is 8.88. The van der Waals surface area contributed by atoms with E-state index in [1.807, 2.05) is 34.7 Å². The normalized spacial score (nSPS) is 17.3. The van der Waals surface area contributed by atoms with E-state index < -0.39 is 51.9 Å². The molecule has 0 spiro atoms. The standard InChI is InChI=1S/C44H81NO8/c1-8-10-12-14-16-18-20-21-23-25-27-29-31-33-43(37(46)47,32-30-28-26-24-22-19-17-15-13-11-9-2)44(38(48)49,39(50)51)40(52)53-36-34-41(3,4)45(7)42(5,6)35-36/h36H,8-35H2,1-7H3,(H,46,47)(H,48,49)(H,50,51). The van der Waals surface area contributed by atoms with Crippen LogP contribution in [0.1, 0.15) is 221 Å². The first-order valence-electron chi connectivity index (χ1n) is 21.7. The number of carbonyl (C=O) groups is 4. The largest absolute Gasteiger partial charge is 0.481 e. The van der Waals surface area contributed by atoms with Crippen LogP contribution < -0.4 is 0 Å². The Hall–Kier alpha value is -2.16. The van der Waals surface area contributed by atoms with Crippen molar-refractivity contribution in [2.45, 2.75) is 239 Å². The monoisotopic (exact) mass is 752 g/mol. The number of aliphatic carboxylic acids is 3. The third kappa shape index (κ3) is 15.1. The lowest BCUT2D eigenvalue weighted by Gasteiger charge is -2.53. The molecule has 1 atom stereocenters. The van der Waals surface area contributed by atoms with Gasteiger partial charge in [-0.1, -0.05) is 168 Å². The van der Waals surface area contributed by atoms with Crippen molar-refractivity contribution in [2.75, 3.05) is 7.05 Å². The minimum Gasteiger partial charge on any atom is -0.481 e. The fourth-order valence-corrected chi connectivity index (χ4v) is 8.88. The lowest BCUT2D eigenvalue weighted by molar-refractivity contribution is -0.204. The van der Waals surface area contributed by atoms with Crippen LogP contribution in [0, 0.1) is 10.8 Å². The van der Waals surface area contributed by atoms with Gasteiger partial charge in [-0.3, -0.25) is 24.1 Å². The quantitative estimate of drug-likeness (QED) is 0.0348. The Kier molecular flexibility index (Phi) is 23.1. The molecule has 9 heteroatoms. The number of esters is 1. The summed E-state index contributed by atoms with van der Waals surface area (Å²) < 4.78 is 5.89. The summed E-state index contributed by atoms with van der Waals surface area (Å²) in [7, 11) is 1.98. The zero-order chi connectivity index (χ0) is 40.0. The molecule has 0 aliphatic carbocycles. The van der Waals surface area contributed by atoms with Crippen LogP contribution in [0.15, 0.2) is 0 Å². The third-order valence-corrected chi connectivity index (χ3v) is 12.5. The Labute approximate surface area is 323 Å². The van der Waals surface area contributed by atoms with Crippen molar-refractivity contribution < 1.29 is 39.2 Å². The molecule has 1 unspecified atom stereocenters. The molecule has 1 aliphatic rings. The van der Waals surface area contributed by atoms with Gasteiger partial charge in [0.1, 0.15) is 11.5 Å². The Morgan fingerprint density at radius 2 is 0.811 bits per heavy atom. The molecular formula is C44H81NO8. The van der Waals surface area contributed by atoms with E-state index in [4.69, 9.17) is 4.74 Å². The van der Waals surface area contributed by atoms with Crippen molar-refractivity contribution in [2.24, 2.45) is 10.8 Å². The molecule has 3 N–H and O–H groups in total. The number of hydrogen-bond donors (Lipinski definition) is 3. The molecule has 1 fully saturated rings. The van der Waals surface area contributed by atoms with Gasteiger partial charge < -0.3 is 20.1 Å². The second-order valence-corrected chi connectivity index (χ2v) is 17.6. The molecule has 53 heavy (non-hydrogen) atoms. The highest BCUT2D eigenvalue weighted by atomic mass is 16.6. The van der Waals surface area contributed by atoms with Gasteiger partial charge in [0.05, 0.1) is 0 Å². The van der Waals surface area contributed by atoms with E-state index in [0.29, 0.717) is 38.5 Å². The summed E-state index contributed by atoms with van der Waals surface area (Å²) in [6.07, 6.45) is 24.7. The topological polar surface area (TPSA) is 141 Å². The van der Waals surface area contributed by atoms with E-state index in [2.05, 4.69) is 18.7 Å². The maximum Gasteiger partial charge on any atom is 0.336 e. The molecule has 0 bridgehead atoms. The maximum atomic E-state index is 14.2. The minimum absolute atomic E-state index is 0.212. The van der Waals surface area contributed by atoms with Crippen LogP contribution in [0.3, 0.4) is 0 Å². The average molecular weight is 752 g/mol. The second-order valence-electron chi connectivity index (χ2n) is 17.6. The van der Waals surface area contributed by atoms with Crippen LogP contribution >= 0.6 is 0 Å². The summed E-state index contributed by atoms with van der Waals surface area (Å²) in [6, 6.07) is 0. The van der Waals surface area contributed by atoms with E-state index in [1.54, 1.807) is 0 Å². The number of ether oxygens (including phenoxy) is 1. The summed E-state index contributed by atoms with van der Waals surface area (Å²) in [5.41, 5.74) is -6.47. The molecule has 0 radical (unpaired) electrons. The second kappa shape index (κ2) is 25.1. The van der Waals surface area contributed by atoms with Crippen LogP contribution in [-0.2, 0) is 23.9 Å². The van der Waals surface area contributed by atoms with Crippen molar-refractivity contribution >= 4 is 23.9 Å². The van der Waals surface area contributed by atoms with E-state index in [0.717, 1.165) is 51.4 Å². The first-order valence-corrected chi connectivity index (χ1v) is 21.7. The molecule has 1 saturated heterocycles. The number of likely N-dealkylation sites (tertiary alicyclic amines) is 1. The van der Waals surface area contributed by atoms with Gasteiger partial charge in [-0.2, -0.15) is 0 Å². The van der Waals surface area contributed by atoms with Crippen molar-refractivity contribution in [3.05, 3.63) is 0 Å². The van der Waals surface area contributed by atoms with Crippen molar-refractivity contribution in [1.29, 1.82) is 0 Å². The van der Waals surface area contributed by atoms with Crippen LogP contribution in [0.5, 0.6) is 0 Å². The van der Waals surface area contributed by atoms with Crippen LogP contribution in [-0.4, -0.2) is 68.3 Å². The van der Waals surface area contributed by atoms with Crippen molar-refractivity contribution in [1.82, 2.24) is 4.90 Å². The molecule has 0 aromatic carbocycles. The lowest BCUT2D eigenvalue weighted by atomic mass is 9.58. The number of carboxylic acid groups (broad SMARTS) is 3. The molecule has 310 valence electrons. The molecule has 0 amide bonds. The average Bonchev–Trinajstić information content (AvgIpc) is 3.07. The molecule has 1 rings (SSSR count). The molecule has 0 saturated carbocycles. The van der Waals surface area contributed by atoms with Crippen LogP contribution in [0.25, 0.3) is 0 Å². The summed E-state index contributed by atoms with van der Waals surface area (Å²) in [6.45, 7) is 12.4. The predicted molar refractivity (Wildman–Crippen MR) is 214 cm³/mol. The van der Waals surface area contributed by atoms with Gasteiger partial charge in [-0.15, -0.1) is 0 Å². The summed E-state index contributed by atoms with van der Waals surface area (Å²) in [5.74, 6) is -6.92. The Bertz CT molecular complexity index is 1040. The minimum atomic E-state index is -3.27. The van der Waals surface area contributed by atoms with Gasteiger partial charge in [0, 0.05) is 23.9 Å². The van der Waals surface area contributed by atoms with Gasteiger partial charge in [-0.05, 0) is 47.6 Å². The molecule has 1 heterocycles. The molecular weight excluding hydrogens is 670 g/mol. The predicted octanol–water partition coefficient (Wildman–Crippen LogP) is 11.6. The highest BCUT2D eigenvalue weighted by Gasteiger charge is 2.72. The van der Waals surface area contributed by atoms with Gasteiger partial charge in [-0.25, -0.2) is 0 Å². The third-order valence-electron chi connectivity index (χ3n) is 12.5. The Morgan fingerprint density at radius 1 is 0.528 bits per heavy atom. The van der Waals surface area contributed by atoms with E-state index in [1.165, 1.54) is 77.0 Å². The SMILES string of the molecule is CCCCCCCCCCCCCCCC(CCCCCCCCCCCCC)(C(=O)O)C(C(=O)O)(C(=O)O)C(=O)OC1CC(C)(C)N(C)C(C)(C)C1. The van der Waals surface area contributed by atoms with Gasteiger partial charge in [0.25, 0.3) is 5.41 Å². The summed E-state index contributed by atoms with van der Waals surface area (Å²) in [5, 5.41) is 32.4. The maximum absolute atomic E-state index is 14.2. The smallest absolute Gasteiger partial charge is 0.336 e. The van der Waals surface area contributed by atoms with Crippen LogP contribution in [0.4, 0.5) is 0 Å². The van der Waals surface area contributed by atoms with E-state index in [-0.39, 0.29) is 12.8 Å². The molecule has 0 aromatic heterocycles. The number of carboxylic acids is 3. The zero-order valence-electron chi connectivity index (χ0n) is 35.2. The lowest BCUT2D eigenvalue weighted by Crippen LogP contribution is -2.64. The summed E-state index contributed by atoms with van der Waals surface area (Å²) >= 11 is 0. The number of unbranched alkanes of at least 4 members (excludes halogenated alkanes) is 22. The number of piperidine rings is 1. The number of nitrogens with zero attached hydrogens (tertiary/aromatic N) is 1. The number of rotatable bonds is 32. The first kappa shape index (κ1) is 48.9. The Balaban J connectivity index is 3.13. The van der Waals surface area contributed by atoms with Gasteiger partial charge >= 0.3 is 23.9 Å². The fraction of sp³-hybridized carbons (Fsp3) is 0.909. The number of hydrogen-bond acceptors (Lipinski definition) is 6. The van der Waals surface area contributed by atoms with E-state index in [9.17, 15) is 34.5 Å². The molecule has 1 aliphatic heterocycles. The molecule has 0 aromatic rings. The van der Waals surface area contributed by atoms with Crippen molar-refractivity contribution in [3.8, 4) is 0 Å². The summed E-state index contributed by atoms with van der Waals surface area (Å²) in [4.78, 5) is 56.4. The molecule has 9 nitrogen and oxygen atoms in total. The van der Waals surface area contributed by atoms with Gasteiger partial charge in [0.2, 0.25) is 0 Å². The first-order chi connectivity index (χ1) is 25.1. The van der Waals surface area contributed by atoms with Gasteiger partial charge in [0.15, 0.2) is 0 Å². The highest BCUT2D eigenvalue weighted by Crippen LogP contribution is 2.51. The van der Waals surface area contributed by atoms with E-state index >= 15 is 0 Å². The van der Waals surface area contributed by atoms with Crippen molar-refractivity contribution in [3.63, 3.8) is 0 Å². The number of carbonyl (C=O) groups excluding carboxylic acids is 1. The van der Waals surface area contributed by atoms with Crippen LogP contribution in [0.2, 0.25) is 0 Å². The Morgan fingerprint density at radius 3 is 1.08 bits per heavy atom. The zero-order valence-corrected chi connectivity index (χ0v) is 35.2.